The van der Waals surface area contributed by atoms with Crippen molar-refractivity contribution in [1.29, 1.82) is 5.26 Å². The zero-order valence-corrected chi connectivity index (χ0v) is 18.4. The Hall–Kier alpha value is -1.10. The molecule has 1 aliphatic rings. The van der Waals surface area contributed by atoms with Crippen LogP contribution in [0.5, 0.6) is 0 Å². The molecule has 0 fully saturated rings. The van der Waals surface area contributed by atoms with Gasteiger partial charge in [-0.3, -0.25) is 0 Å². The summed E-state index contributed by atoms with van der Waals surface area (Å²) in [6.45, 7) is 14.5. The Bertz CT molecular complexity index is 727. The second-order valence-electron chi connectivity index (χ2n) is 8.48. The second-order valence-corrected chi connectivity index (χ2v) is 14.2. The number of rotatable bonds is 5. The molecule has 4 nitrogen and oxygen atoms in total. The third kappa shape index (κ3) is 3.86. The topological polar surface area (TPSA) is 53.3 Å². The Balaban J connectivity index is 2.43. The SMILES string of the molecule is CC1(CO[Si](C)(C)C(C)(C)C)CN([B]C=O)c2c(C#N)cc(Br)cc21. The van der Waals surface area contributed by atoms with Gasteiger partial charge in [0.05, 0.1) is 5.56 Å². The van der Waals surface area contributed by atoms with Gasteiger partial charge >= 0.3 is 7.41 Å². The van der Waals surface area contributed by atoms with Gasteiger partial charge in [-0.1, -0.05) is 43.6 Å². The van der Waals surface area contributed by atoms with Crippen molar-refractivity contribution in [3.05, 3.63) is 27.7 Å². The monoisotopic (exact) mass is 419 g/mol. The molecule has 1 radical (unpaired) electrons. The summed E-state index contributed by atoms with van der Waals surface area (Å²) in [7, 11) is -0.387. The Labute approximate surface area is 161 Å². The number of fused-ring (bicyclic) bond motifs is 1. The molecule has 0 N–H and O–H groups in total. The van der Waals surface area contributed by atoms with Gasteiger partial charge in [-0.2, -0.15) is 5.26 Å². The van der Waals surface area contributed by atoms with Crippen LogP contribution in [0.4, 0.5) is 5.69 Å². The van der Waals surface area contributed by atoms with Crippen LogP contribution in [-0.4, -0.2) is 35.1 Å². The highest BCUT2D eigenvalue weighted by Crippen LogP contribution is 2.45. The predicted molar refractivity (Wildman–Crippen MR) is 109 cm³/mol. The molecule has 133 valence electrons. The van der Waals surface area contributed by atoms with Crippen molar-refractivity contribution in [2.45, 2.75) is 51.2 Å². The van der Waals surface area contributed by atoms with Crippen molar-refractivity contribution in [2.75, 3.05) is 18.0 Å². The van der Waals surface area contributed by atoms with Crippen LogP contribution in [0.2, 0.25) is 18.1 Å². The summed E-state index contributed by atoms with van der Waals surface area (Å²) < 4.78 is 7.36. The Morgan fingerprint density at radius 3 is 2.64 bits per heavy atom. The Morgan fingerprint density at radius 2 is 2.12 bits per heavy atom. The first kappa shape index (κ1) is 20.2. The molecule has 1 unspecified atom stereocenters. The van der Waals surface area contributed by atoms with Crippen LogP contribution in [0.1, 0.15) is 38.8 Å². The smallest absolute Gasteiger partial charge is 0.329 e. The number of carbonyl (C=O) groups is 1. The van der Waals surface area contributed by atoms with E-state index in [1.165, 1.54) is 7.41 Å². The predicted octanol–water partition coefficient (Wildman–Crippen LogP) is 4.23. The van der Waals surface area contributed by atoms with Gasteiger partial charge < -0.3 is 14.0 Å². The minimum Gasteiger partial charge on any atom is -0.416 e. The van der Waals surface area contributed by atoms with E-state index in [9.17, 15) is 10.1 Å². The lowest BCUT2D eigenvalue weighted by molar-refractivity contribution is 0.219. The second kappa shape index (κ2) is 6.90. The quantitative estimate of drug-likeness (QED) is 0.529. The van der Waals surface area contributed by atoms with Crippen LogP contribution >= 0.6 is 15.9 Å². The van der Waals surface area contributed by atoms with Gasteiger partial charge in [-0.15, -0.1) is 0 Å². The minimum atomic E-state index is -1.89. The van der Waals surface area contributed by atoms with Crippen LogP contribution in [0.25, 0.3) is 0 Å². The maximum absolute atomic E-state index is 11.1. The highest BCUT2D eigenvalue weighted by atomic mass is 79.9. The highest BCUT2D eigenvalue weighted by Gasteiger charge is 2.44. The van der Waals surface area contributed by atoms with Crippen molar-refractivity contribution in [3.63, 3.8) is 0 Å². The summed E-state index contributed by atoms with van der Waals surface area (Å²) >= 11 is 3.51. The first-order valence-corrected chi connectivity index (χ1v) is 12.1. The van der Waals surface area contributed by atoms with Gasteiger partial charge in [-0.25, -0.2) is 0 Å². The first-order valence-electron chi connectivity index (χ1n) is 8.38. The van der Waals surface area contributed by atoms with E-state index in [1.54, 1.807) is 6.07 Å². The number of hydrogen-bond donors (Lipinski definition) is 0. The van der Waals surface area contributed by atoms with E-state index in [0.29, 0.717) is 18.7 Å². The molecule has 0 aromatic heterocycles. The maximum Gasteiger partial charge on any atom is 0.329 e. The van der Waals surface area contributed by atoms with E-state index in [4.69, 9.17) is 4.43 Å². The number of halogens is 1. The maximum atomic E-state index is 11.1. The standard InChI is InChI=1S/C18H25BBrN2O2Si/c1-17(2,3)25(5,6)24-11-18(4)10-22(19-12-23)16-13(9-21)7-14(20)8-15(16)18/h7-8,12H,10-11H2,1-6H3. The zero-order chi connectivity index (χ0) is 19.0. The van der Waals surface area contributed by atoms with Gasteiger partial charge in [0.15, 0.2) is 8.32 Å². The lowest BCUT2D eigenvalue weighted by atomic mass is 9.85. The molecule has 0 spiro atoms. The molecule has 1 aromatic rings. The summed E-state index contributed by atoms with van der Waals surface area (Å²) in [6, 6.07) is 6.09. The molecular formula is C18H25BBrN2O2Si. The van der Waals surface area contributed by atoms with Crippen molar-refractivity contribution in [3.8, 4) is 6.07 Å². The Morgan fingerprint density at radius 1 is 1.48 bits per heavy atom. The number of nitrogens with zero attached hydrogens (tertiary/aromatic N) is 2. The van der Waals surface area contributed by atoms with E-state index < -0.39 is 8.32 Å². The van der Waals surface area contributed by atoms with E-state index in [1.807, 2.05) is 10.9 Å². The lowest BCUT2D eigenvalue weighted by Crippen LogP contribution is -2.46. The molecule has 1 atom stereocenters. The molecule has 0 saturated heterocycles. The van der Waals surface area contributed by atoms with E-state index >= 15 is 0 Å². The normalized spacial score (nSPS) is 20.2. The average molecular weight is 420 g/mol. The number of benzene rings is 1. The summed E-state index contributed by atoms with van der Waals surface area (Å²) in [5.74, 6) is 0. The fourth-order valence-corrected chi connectivity index (χ4v) is 4.44. The highest BCUT2D eigenvalue weighted by molar-refractivity contribution is 9.10. The molecule has 25 heavy (non-hydrogen) atoms. The fourth-order valence-electron chi connectivity index (χ4n) is 2.87. The van der Waals surface area contributed by atoms with Crippen LogP contribution in [0.3, 0.4) is 0 Å². The van der Waals surface area contributed by atoms with Crippen molar-refractivity contribution in [1.82, 2.24) is 0 Å². The summed E-state index contributed by atoms with van der Waals surface area (Å²) in [5.41, 5.74) is 2.16. The van der Waals surface area contributed by atoms with E-state index in [2.05, 4.69) is 62.8 Å². The summed E-state index contributed by atoms with van der Waals surface area (Å²) in [5, 5.41) is 9.66. The largest absolute Gasteiger partial charge is 0.416 e. The molecule has 1 aromatic carbocycles. The minimum absolute atomic E-state index is 0.133. The van der Waals surface area contributed by atoms with Crippen LogP contribution in [0, 0.1) is 11.3 Å². The summed E-state index contributed by atoms with van der Waals surface area (Å²) in [4.78, 5) is 13.0. The number of anilines is 1. The van der Waals surface area contributed by atoms with Gasteiger partial charge in [0.1, 0.15) is 12.3 Å². The summed E-state index contributed by atoms with van der Waals surface area (Å²) in [6.07, 6.45) is 0.771. The van der Waals surface area contributed by atoms with Crippen molar-refractivity contribution < 1.29 is 9.22 Å². The fraction of sp³-hybridized carbons (Fsp3) is 0.556. The average Bonchev–Trinajstić information content (AvgIpc) is 2.77. The zero-order valence-electron chi connectivity index (χ0n) is 15.8. The molecule has 7 heteroatoms. The van der Waals surface area contributed by atoms with Gasteiger partial charge in [0, 0.05) is 28.7 Å². The van der Waals surface area contributed by atoms with Gasteiger partial charge in [-0.05, 0) is 35.8 Å². The number of hydrogen-bond acceptors (Lipinski definition) is 4. The molecule has 2 rings (SSSR count). The molecule has 1 aliphatic heterocycles. The van der Waals surface area contributed by atoms with Crippen LogP contribution < -0.4 is 4.81 Å². The van der Waals surface area contributed by atoms with E-state index in [-0.39, 0.29) is 10.5 Å². The Kier molecular flexibility index (Phi) is 5.58. The number of nitriles is 1. The molecule has 0 amide bonds. The van der Waals surface area contributed by atoms with Gasteiger partial charge in [0.25, 0.3) is 0 Å². The lowest BCUT2D eigenvalue weighted by Gasteiger charge is -2.39. The molecule has 0 aliphatic carbocycles. The first-order chi connectivity index (χ1) is 11.4. The third-order valence-corrected chi connectivity index (χ3v) is 10.4. The van der Waals surface area contributed by atoms with Crippen LogP contribution in [-0.2, 0) is 14.6 Å². The molecular weight excluding hydrogens is 395 g/mol. The van der Waals surface area contributed by atoms with Gasteiger partial charge in [0.2, 0.25) is 0 Å². The van der Waals surface area contributed by atoms with E-state index in [0.717, 1.165) is 21.9 Å². The molecule has 0 bridgehead atoms. The van der Waals surface area contributed by atoms with Crippen molar-refractivity contribution >= 4 is 43.5 Å². The number of carbonyl (C=O) groups excluding carboxylic acids is 1. The molecule has 1 heterocycles. The van der Waals surface area contributed by atoms with Crippen LogP contribution in [0.15, 0.2) is 16.6 Å². The third-order valence-electron chi connectivity index (χ3n) is 5.45. The van der Waals surface area contributed by atoms with Crippen molar-refractivity contribution in [2.24, 2.45) is 0 Å². The molecule has 0 saturated carbocycles.